The van der Waals surface area contributed by atoms with Gasteiger partial charge in [-0.25, -0.2) is 0 Å². The number of benzene rings is 1. The first-order valence-electron chi connectivity index (χ1n) is 9.49. The van der Waals surface area contributed by atoms with Gasteiger partial charge in [-0.1, -0.05) is 38.1 Å². The Kier molecular flexibility index (Phi) is 9.78. The van der Waals surface area contributed by atoms with Crippen LogP contribution in [0.5, 0.6) is 0 Å². The Labute approximate surface area is 166 Å². The van der Waals surface area contributed by atoms with Gasteiger partial charge in [-0.05, 0) is 31.0 Å². The van der Waals surface area contributed by atoms with Gasteiger partial charge in [0.2, 0.25) is 11.8 Å². The van der Waals surface area contributed by atoms with Crippen LogP contribution in [0.3, 0.4) is 0 Å². The number of carbonyl (C=O) groups excluding carboxylic acids is 3. The molecule has 0 radical (unpaired) electrons. The van der Waals surface area contributed by atoms with Crippen molar-refractivity contribution in [3.05, 3.63) is 35.4 Å². The van der Waals surface area contributed by atoms with E-state index in [9.17, 15) is 19.5 Å². The van der Waals surface area contributed by atoms with E-state index in [2.05, 4.69) is 10.6 Å². The van der Waals surface area contributed by atoms with Crippen LogP contribution in [0.1, 0.15) is 38.3 Å². The predicted molar refractivity (Wildman–Crippen MR) is 107 cm³/mol. The minimum absolute atomic E-state index is 0.0431. The van der Waals surface area contributed by atoms with Gasteiger partial charge in [0, 0.05) is 12.5 Å². The molecule has 0 fully saturated rings. The van der Waals surface area contributed by atoms with Gasteiger partial charge in [0.25, 0.3) is 0 Å². The second kappa shape index (κ2) is 11.5. The van der Waals surface area contributed by atoms with Gasteiger partial charge in [0.05, 0.1) is 18.6 Å². The molecule has 0 saturated carbocycles. The largest absolute Gasteiger partial charge is 0.391 e. The highest BCUT2D eigenvalue weighted by molar-refractivity contribution is 5.94. The van der Waals surface area contributed by atoms with Crippen molar-refractivity contribution in [2.45, 2.75) is 58.3 Å². The number of aliphatic hydroxyl groups is 1. The maximum absolute atomic E-state index is 12.6. The van der Waals surface area contributed by atoms with E-state index in [0.29, 0.717) is 6.54 Å². The van der Waals surface area contributed by atoms with Crippen LogP contribution in [0.25, 0.3) is 0 Å². The zero-order valence-electron chi connectivity index (χ0n) is 16.8. The van der Waals surface area contributed by atoms with E-state index in [0.717, 1.165) is 11.1 Å². The zero-order chi connectivity index (χ0) is 21.3. The Hall–Kier alpha value is -2.29. The van der Waals surface area contributed by atoms with E-state index in [4.69, 9.17) is 11.5 Å². The fourth-order valence-corrected chi connectivity index (χ4v) is 2.80. The average Bonchev–Trinajstić information content (AvgIpc) is 2.64. The second-order valence-corrected chi connectivity index (χ2v) is 7.18. The van der Waals surface area contributed by atoms with Crippen LogP contribution in [0.2, 0.25) is 0 Å². The number of nitrogens with one attached hydrogen (secondary N) is 2. The summed E-state index contributed by atoms with van der Waals surface area (Å²) in [4.78, 5) is 37.2. The smallest absolute Gasteiger partial charge is 0.245 e. The molecule has 8 nitrogen and oxygen atoms in total. The summed E-state index contributed by atoms with van der Waals surface area (Å²) < 4.78 is 0. The Bertz CT molecular complexity index is 676. The van der Waals surface area contributed by atoms with Crippen LogP contribution >= 0.6 is 0 Å². The number of hydrogen-bond donors (Lipinski definition) is 5. The van der Waals surface area contributed by atoms with Gasteiger partial charge in [0.1, 0.15) is 6.04 Å². The minimum Gasteiger partial charge on any atom is -0.391 e. The molecule has 0 aliphatic carbocycles. The molecule has 7 N–H and O–H groups in total. The summed E-state index contributed by atoms with van der Waals surface area (Å²) in [6.07, 6.45) is -0.802. The Morgan fingerprint density at radius 1 is 1.07 bits per heavy atom. The highest BCUT2D eigenvalue weighted by Crippen LogP contribution is 2.07. The average molecular weight is 393 g/mol. The maximum Gasteiger partial charge on any atom is 0.245 e. The molecule has 1 aromatic rings. The fraction of sp³-hybridized carbons (Fsp3) is 0.550. The van der Waals surface area contributed by atoms with E-state index < -0.39 is 30.0 Å². The minimum atomic E-state index is -1.18. The topological polar surface area (TPSA) is 148 Å². The molecule has 0 heterocycles. The first-order valence-corrected chi connectivity index (χ1v) is 9.49. The molecule has 0 aliphatic rings. The third-order valence-electron chi connectivity index (χ3n) is 4.36. The Balaban J connectivity index is 2.80. The van der Waals surface area contributed by atoms with Crippen molar-refractivity contribution in [2.75, 3.05) is 6.54 Å². The van der Waals surface area contributed by atoms with Crippen molar-refractivity contribution >= 4 is 17.6 Å². The highest BCUT2D eigenvalue weighted by atomic mass is 16.3. The number of nitrogens with two attached hydrogens (primary N) is 2. The summed E-state index contributed by atoms with van der Waals surface area (Å²) in [7, 11) is 0. The van der Waals surface area contributed by atoms with Crippen LogP contribution < -0.4 is 22.1 Å². The number of rotatable bonds is 11. The lowest BCUT2D eigenvalue weighted by atomic mass is 9.98. The van der Waals surface area contributed by atoms with E-state index in [1.807, 2.05) is 12.1 Å². The van der Waals surface area contributed by atoms with Crippen LogP contribution in [0.4, 0.5) is 0 Å². The molecule has 1 aromatic carbocycles. The molecular formula is C20H32N4O4. The molecule has 0 spiro atoms. The summed E-state index contributed by atoms with van der Waals surface area (Å²) in [6, 6.07) is 5.34. The summed E-state index contributed by atoms with van der Waals surface area (Å²) in [6.45, 7) is 5.47. The summed E-state index contributed by atoms with van der Waals surface area (Å²) in [5.41, 5.74) is 12.8. The molecule has 0 saturated heterocycles. The van der Waals surface area contributed by atoms with Crippen LogP contribution in [0, 0.1) is 5.92 Å². The number of amides is 2. The maximum atomic E-state index is 12.6. The van der Waals surface area contributed by atoms with Gasteiger partial charge >= 0.3 is 0 Å². The number of hydrogen-bond acceptors (Lipinski definition) is 6. The predicted octanol–water partition coefficient (Wildman–Crippen LogP) is -0.388. The number of aliphatic hydroxyl groups excluding tert-OH is 1. The fourth-order valence-electron chi connectivity index (χ4n) is 2.80. The SMILES string of the molecule is CC(C)C(=O)[C@H](CCN)NC(=O)[C@@H](NC(=O)Cc1cccc(CN)c1)C(C)O. The molecule has 28 heavy (non-hydrogen) atoms. The molecule has 3 atom stereocenters. The highest BCUT2D eigenvalue weighted by Gasteiger charge is 2.30. The second-order valence-electron chi connectivity index (χ2n) is 7.18. The molecular weight excluding hydrogens is 360 g/mol. The van der Waals surface area contributed by atoms with Gasteiger partial charge in [-0.15, -0.1) is 0 Å². The van der Waals surface area contributed by atoms with E-state index >= 15 is 0 Å². The number of Topliss-reactive ketones (excluding diaryl/α,β-unsaturated/α-hetero) is 1. The van der Waals surface area contributed by atoms with Crippen molar-refractivity contribution in [1.82, 2.24) is 10.6 Å². The van der Waals surface area contributed by atoms with E-state index in [-0.39, 0.29) is 31.1 Å². The van der Waals surface area contributed by atoms with E-state index in [1.165, 1.54) is 6.92 Å². The zero-order valence-corrected chi connectivity index (χ0v) is 16.8. The Morgan fingerprint density at radius 2 is 1.71 bits per heavy atom. The normalized spacial score (nSPS) is 14.2. The van der Waals surface area contributed by atoms with Gasteiger partial charge in [0.15, 0.2) is 5.78 Å². The molecule has 1 unspecified atom stereocenters. The molecule has 2 amide bonds. The lowest BCUT2D eigenvalue weighted by molar-refractivity contribution is -0.134. The van der Waals surface area contributed by atoms with Gasteiger partial charge < -0.3 is 27.2 Å². The van der Waals surface area contributed by atoms with Crippen LogP contribution in [0.15, 0.2) is 24.3 Å². The Morgan fingerprint density at radius 3 is 2.25 bits per heavy atom. The quantitative estimate of drug-likeness (QED) is 0.346. The van der Waals surface area contributed by atoms with Crippen molar-refractivity contribution < 1.29 is 19.5 Å². The van der Waals surface area contributed by atoms with Crippen molar-refractivity contribution in [3.63, 3.8) is 0 Å². The number of carbonyl (C=O) groups is 3. The van der Waals surface area contributed by atoms with Crippen molar-refractivity contribution in [2.24, 2.45) is 17.4 Å². The van der Waals surface area contributed by atoms with Crippen molar-refractivity contribution in [1.29, 1.82) is 0 Å². The molecule has 0 bridgehead atoms. The molecule has 1 rings (SSSR count). The van der Waals surface area contributed by atoms with Crippen LogP contribution in [-0.4, -0.2) is 47.4 Å². The summed E-state index contributed by atoms with van der Waals surface area (Å²) >= 11 is 0. The molecule has 0 aromatic heterocycles. The first kappa shape index (κ1) is 23.7. The lowest BCUT2D eigenvalue weighted by Crippen LogP contribution is -2.56. The van der Waals surface area contributed by atoms with Crippen LogP contribution in [-0.2, 0) is 27.3 Å². The number of ketones is 1. The molecule has 8 heteroatoms. The monoisotopic (exact) mass is 392 g/mol. The third kappa shape index (κ3) is 7.38. The lowest BCUT2D eigenvalue weighted by Gasteiger charge is -2.25. The summed E-state index contributed by atoms with van der Waals surface area (Å²) in [5, 5.41) is 15.1. The third-order valence-corrected chi connectivity index (χ3v) is 4.36. The first-order chi connectivity index (χ1) is 13.2. The van der Waals surface area contributed by atoms with E-state index in [1.54, 1.807) is 26.0 Å². The molecule has 156 valence electrons. The standard InChI is InChI=1S/C20H32N4O4/c1-12(2)19(27)16(7-8-21)23-20(28)18(13(3)25)24-17(26)10-14-5-4-6-15(9-14)11-22/h4-6,9,12-13,16,18,25H,7-8,10-11,21-22H2,1-3H3,(H,23,28)(H,24,26)/t13?,16-,18-/m0/s1. The summed E-state index contributed by atoms with van der Waals surface area (Å²) in [5.74, 6) is -1.45. The van der Waals surface area contributed by atoms with Gasteiger partial charge in [-0.2, -0.15) is 0 Å². The van der Waals surface area contributed by atoms with Gasteiger partial charge in [-0.3, -0.25) is 14.4 Å². The molecule has 0 aliphatic heterocycles. The van der Waals surface area contributed by atoms with Crippen molar-refractivity contribution in [3.8, 4) is 0 Å².